The van der Waals surface area contributed by atoms with Crippen molar-refractivity contribution in [2.75, 3.05) is 13.1 Å². The van der Waals surface area contributed by atoms with Crippen LogP contribution in [0.1, 0.15) is 32.3 Å². The molecule has 1 saturated heterocycles. The van der Waals surface area contributed by atoms with Crippen LogP contribution >= 0.6 is 0 Å². The number of unbranched alkanes of at least 4 members (excludes halogenated alkanes) is 1. The summed E-state index contributed by atoms with van der Waals surface area (Å²) in [5.74, 6) is -2.85. The lowest BCUT2D eigenvalue weighted by atomic mass is 10.0. The van der Waals surface area contributed by atoms with Crippen LogP contribution in [0.15, 0.2) is 30.3 Å². The van der Waals surface area contributed by atoms with Crippen LogP contribution in [0, 0.1) is 0 Å². The lowest BCUT2D eigenvalue weighted by Crippen LogP contribution is -2.47. The number of carbonyl (C=O) groups excluding carboxylic acids is 5. The fraction of sp³-hybridized carbons (Fsp3) is 0.421. The molecular formula is C19H23N3O5. The Hall–Kier alpha value is -3.03. The number of urea groups is 1. The quantitative estimate of drug-likeness (QED) is 0.511. The minimum Gasteiger partial charge on any atom is -0.344 e. The first-order chi connectivity index (χ1) is 12.8. The Morgan fingerprint density at radius 1 is 1.04 bits per heavy atom. The van der Waals surface area contributed by atoms with E-state index in [4.69, 9.17) is 0 Å². The van der Waals surface area contributed by atoms with Gasteiger partial charge in [0, 0.05) is 6.54 Å². The van der Waals surface area contributed by atoms with Gasteiger partial charge in [-0.15, -0.1) is 0 Å². The minimum absolute atomic E-state index is 0.141. The molecule has 0 saturated carbocycles. The van der Waals surface area contributed by atoms with Crippen LogP contribution in [-0.4, -0.2) is 58.5 Å². The van der Waals surface area contributed by atoms with Crippen molar-refractivity contribution in [1.29, 1.82) is 0 Å². The number of hydrogen-bond donors (Lipinski definition) is 1. The third kappa shape index (κ3) is 4.99. The molecule has 0 bridgehead atoms. The van der Waals surface area contributed by atoms with Gasteiger partial charge in [-0.2, -0.15) is 0 Å². The molecule has 1 aromatic carbocycles. The minimum atomic E-state index is -1.02. The molecule has 1 heterocycles. The van der Waals surface area contributed by atoms with E-state index in [1.54, 1.807) is 0 Å². The highest BCUT2D eigenvalue weighted by Gasteiger charge is 2.44. The zero-order valence-electron chi connectivity index (χ0n) is 15.4. The molecule has 1 aliphatic heterocycles. The van der Waals surface area contributed by atoms with E-state index < -0.39 is 36.3 Å². The molecule has 0 unspecified atom stereocenters. The summed E-state index contributed by atoms with van der Waals surface area (Å²) < 4.78 is 0. The van der Waals surface area contributed by atoms with E-state index in [0.29, 0.717) is 17.7 Å². The number of nitrogens with zero attached hydrogens (tertiary/aromatic N) is 2. The molecule has 2 rings (SSSR count). The fourth-order valence-electron chi connectivity index (χ4n) is 2.73. The van der Waals surface area contributed by atoms with Gasteiger partial charge in [0.25, 0.3) is 0 Å². The van der Waals surface area contributed by atoms with Gasteiger partial charge in [-0.25, -0.2) is 9.69 Å². The maximum Gasteiger partial charge on any atom is 0.334 e. The molecule has 1 fully saturated rings. The van der Waals surface area contributed by atoms with Gasteiger partial charge in [-0.1, -0.05) is 43.7 Å². The lowest BCUT2D eigenvalue weighted by Gasteiger charge is -2.19. The van der Waals surface area contributed by atoms with Crippen LogP contribution in [0.3, 0.4) is 0 Å². The average molecular weight is 373 g/mol. The van der Waals surface area contributed by atoms with Gasteiger partial charge < -0.3 is 5.32 Å². The third-order valence-electron chi connectivity index (χ3n) is 4.28. The predicted octanol–water partition coefficient (Wildman–Crippen LogP) is 0.894. The van der Waals surface area contributed by atoms with Gasteiger partial charge in [0.05, 0.1) is 6.04 Å². The Balaban J connectivity index is 2.00. The van der Waals surface area contributed by atoms with Crippen molar-refractivity contribution >= 4 is 29.5 Å². The summed E-state index contributed by atoms with van der Waals surface area (Å²) >= 11 is 0. The van der Waals surface area contributed by atoms with Gasteiger partial charge in [0.2, 0.25) is 5.91 Å². The first-order valence-electron chi connectivity index (χ1n) is 8.86. The SMILES string of the molecule is CCCCN1C(=O)C(=O)N(CC(=O)N[C@@H](Cc2ccccc2)C(C)=O)C1=O. The first kappa shape index (κ1) is 20.3. The highest BCUT2D eigenvalue weighted by atomic mass is 16.2. The van der Waals surface area contributed by atoms with Crippen molar-refractivity contribution in [3.05, 3.63) is 35.9 Å². The van der Waals surface area contributed by atoms with Crippen molar-refractivity contribution < 1.29 is 24.0 Å². The molecule has 5 amide bonds. The highest BCUT2D eigenvalue weighted by Crippen LogP contribution is 2.13. The van der Waals surface area contributed by atoms with Crippen molar-refractivity contribution in [3.8, 4) is 0 Å². The smallest absolute Gasteiger partial charge is 0.334 e. The second-order valence-electron chi connectivity index (χ2n) is 6.40. The summed E-state index contributed by atoms with van der Waals surface area (Å²) in [6, 6.07) is 7.59. The van der Waals surface area contributed by atoms with Crippen molar-refractivity contribution in [2.45, 2.75) is 39.2 Å². The van der Waals surface area contributed by atoms with Gasteiger partial charge in [-0.05, 0) is 25.3 Å². The van der Waals surface area contributed by atoms with Gasteiger partial charge in [0.1, 0.15) is 6.54 Å². The van der Waals surface area contributed by atoms with E-state index in [2.05, 4.69) is 5.32 Å². The third-order valence-corrected chi connectivity index (χ3v) is 4.28. The van der Waals surface area contributed by atoms with Crippen molar-refractivity contribution in [3.63, 3.8) is 0 Å². The molecule has 1 aromatic rings. The number of ketones is 1. The number of hydrogen-bond acceptors (Lipinski definition) is 5. The molecule has 1 N–H and O–H groups in total. The van der Waals surface area contributed by atoms with Gasteiger partial charge in [-0.3, -0.25) is 24.1 Å². The first-order valence-corrected chi connectivity index (χ1v) is 8.86. The topological polar surface area (TPSA) is 104 Å². The maximum absolute atomic E-state index is 12.3. The van der Waals surface area contributed by atoms with Crippen LogP contribution in [0.4, 0.5) is 4.79 Å². The van der Waals surface area contributed by atoms with E-state index in [9.17, 15) is 24.0 Å². The molecule has 0 aliphatic carbocycles. The number of carbonyl (C=O) groups is 5. The van der Waals surface area contributed by atoms with Crippen LogP contribution in [0.5, 0.6) is 0 Å². The highest BCUT2D eigenvalue weighted by molar-refractivity contribution is 6.45. The number of benzene rings is 1. The zero-order valence-corrected chi connectivity index (χ0v) is 15.4. The van der Waals surface area contributed by atoms with E-state index in [-0.39, 0.29) is 12.3 Å². The van der Waals surface area contributed by atoms with Crippen LogP contribution in [0.2, 0.25) is 0 Å². The molecule has 27 heavy (non-hydrogen) atoms. The standard InChI is InChI=1S/C19H23N3O5/c1-3-4-10-21-17(25)18(26)22(19(21)27)12-16(24)20-15(13(2)23)11-14-8-6-5-7-9-14/h5-9,15H,3-4,10-12H2,1-2H3,(H,20,24)/t15-/m0/s1. The molecule has 1 aliphatic rings. The fourth-order valence-corrected chi connectivity index (χ4v) is 2.73. The molecule has 0 radical (unpaired) electrons. The maximum atomic E-state index is 12.3. The number of amides is 5. The molecule has 0 spiro atoms. The van der Waals surface area contributed by atoms with Crippen molar-refractivity contribution in [2.24, 2.45) is 0 Å². The Kier molecular flexibility index (Phi) is 6.81. The molecule has 0 aromatic heterocycles. The molecular weight excluding hydrogens is 350 g/mol. The summed E-state index contributed by atoms with van der Waals surface area (Å²) in [4.78, 5) is 61.8. The normalized spacial score (nSPS) is 15.3. The Morgan fingerprint density at radius 2 is 1.67 bits per heavy atom. The second-order valence-corrected chi connectivity index (χ2v) is 6.40. The summed E-state index contributed by atoms with van der Waals surface area (Å²) in [6.07, 6.45) is 1.63. The van der Waals surface area contributed by atoms with Crippen LogP contribution in [-0.2, 0) is 25.6 Å². The Morgan fingerprint density at radius 3 is 2.26 bits per heavy atom. The molecule has 1 atom stereocenters. The van der Waals surface area contributed by atoms with Crippen LogP contribution < -0.4 is 5.32 Å². The van der Waals surface area contributed by atoms with Gasteiger partial charge in [0.15, 0.2) is 5.78 Å². The largest absolute Gasteiger partial charge is 0.344 e. The summed E-state index contributed by atoms with van der Waals surface area (Å²) in [6.45, 7) is 2.80. The summed E-state index contributed by atoms with van der Waals surface area (Å²) in [5, 5.41) is 2.54. The number of imide groups is 2. The Bertz CT molecular complexity index is 747. The molecule has 8 nitrogen and oxygen atoms in total. The number of rotatable bonds is 9. The van der Waals surface area contributed by atoms with E-state index in [1.807, 2.05) is 37.3 Å². The van der Waals surface area contributed by atoms with Crippen molar-refractivity contribution in [1.82, 2.24) is 15.1 Å². The zero-order chi connectivity index (χ0) is 20.0. The second kappa shape index (κ2) is 9.07. The summed E-state index contributed by atoms with van der Waals surface area (Å²) in [5.41, 5.74) is 0.868. The molecule has 8 heteroatoms. The van der Waals surface area contributed by atoms with E-state index in [1.165, 1.54) is 6.92 Å². The van der Waals surface area contributed by atoms with E-state index in [0.717, 1.165) is 16.9 Å². The monoisotopic (exact) mass is 373 g/mol. The van der Waals surface area contributed by atoms with Crippen LogP contribution in [0.25, 0.3) is 0 Å². The average Bonchev–Trinajstić information content (AvgIpc) is 2.84. The lowest BCUT2D eigenvalue weighted by molar-refractivity contribution is -0.144. The number of nitrogens with one attached hydrogen (secondary N) is 1. The number of Topliss-reactive ketones (excluding diaryl/α,β-unsaturated/α-hetero) is 1. The predicted molar refractivity (Wildman–Crippen MR) is 96.5 cm³/mol. The Labute approximate surface area is 157 Å². The van der Waals surface area contributed by atoms with Gasteiger partial charge >= 0.3 is 17.8 Å². The van der Waals surface area contributed by atoms with E-state index >= 15 is 0 Å². The molecule has 144 valence electrons. The summed E-state index contributed by atoms with van der Waals surface area (Å²) in [7, 11) is 0.